The van der Waals surface area contributed by atoms with Crippen LogP contribution in [0.4, 0.5) is 0 Å². The van der Waals surface area contributed by atoms with Gasteiger partial charge in [0.05, 0.1) is 0 Å². The Morgan fingerprint density at radius 3 is 2.50 bits per heavy atom. The molecule has 0 aliphatic rings. The average Bonchev–Trinajstić information content (AvgIpc) is 2.03. The number of amides is 1. The zero-order valence-corrected chi connectivity index (χ0v) is 6.62. The third-order valence-electron chi connectivity index (χ3n) is 1.30. The Balaban J connectivity index is 2.53. The van der Waals surface area contributed by atoms with Crippen molar-refractivity contribution in [3.8, 4) is 5.75 Å². The van der Waals surface area contributed by atoms with Gasteiger partial charge in [-0.05, 0) is 24.6 Å². The highest BCUT2D eigenvalue weighted by molar-refractivity contribution is 5.75. The maximum atomic E-state index is 10.3. The van der Waals surface area contributed by atoms with E-state index in [-0.39, 0.29) is 6.61 Å². The van der Waals surface area contributed by atoms with Crippen LogP contribution in [0.15, 0.2) is 24.3 Å². The molecule has 0 aliphatic carbocycles. The topological polar surface area (TPSA) is 52.3 Å². The monoisotopic (exact) mass is 164 g/mol. The van der Waals surface area contributed by atoms with Crippen LogP contribution in [0, 0.1) is 6.92 Å². The van der Waals surface area contributed by atoms with E-state index in [2.05, 4.69) is 6.92 Å². The molecule has 0 spiro atoms. The standard InChI is InChI=1S/C9H10NO2/c1-7-2-4-8(5-3-7)12-6-9(10)11/h2-5H,1,6H2,(H2,10,11). The zero-order chi connectivity index (χ0) is 8.97. The molecule has 63 valence electrons. The van der Waals surface area contributed by atoms with Gasteiger partial charge in [-0.3, -0.25) is 4.79 Å². The van der Waals surface area contributed by atoms with Crippen molar-refractivity contribution in [2.75, 3.05) is 6.61 Å². The van der Waals surface area contributed by atoms with Gasteiger partial charge in [0, 0.05) is 0 Å². The molecular formula is C9H10NO2. The zero-order valence-electron chi connectivity index (χ0n) is 6.62. The molecule has 1 radical (unpaired) electrons. The summed E-state index contributed by atoms with van der Waals surface area (Å²) in [6.45, 7) is 3.62. The summed E-state index contributed by atoms with van der Waals surface area (Å²) in [5, 5.41) is 0. The molecule has 1 rings (SSSR count). The smallest absolute Gasteiger partial charge is 0.255 e. The Bertz CT molecular complexity index is 266. The molecule has 0 saturated heterocycles. The van der Waals surface area contributed by atoms with E-state index in [1.807, 2.05) is 0 Å². The van der Waals surface area contributed by atoms with Crippen molar-refractivity contribution < 1.29 is 9.53 Å². The lowest BCUT2D eigenvalue weighted by molar-refractivity contribution is -0.119. The largest absolute Gasteiger partial charge is 0.484 e. The quantitative estimate of drug-likeness (QED) is 0.716. The Kier molecular flexibility index (Phi) is 2.69. The minimum atomic E-state index is -0.478. The molecule has 1 aromatic rings. The summed E-state index contributed by atoms with van der Waals surface area (Å²) in [5.74, 6) is 0.148. The van der Waals surface area contributed by atoms with Crippen LogP contribution < -0.4 is 10.5 Å². The first-order valence-electron chi connectivity index (χ1n) is 3.51. The van der Waals surface area contributed by atoms with Gasteiger partial charge in [0.15, 0.2) is 6.61 Å². The number of ether oxygens (including phenoxy) is 1. The number of carbonyl (C=O) groups excluding carboxylic acids is 1. The first-order chi connectivity index (χ1) is 5.68. The molecule has 3 nitrogen and oxygen atoms in total. The van der Waals surface area contributed by atoms with E-state index < -0.39 is 5.91 Å². The minimum Gasteiger partial charge on any atom is -0.484 e. The Labute approximate surface area is 71.1 Å². The van der Waals surface area contributed by atoms with Crippen LogP contribution in [0.5, 0.6) is 5.75 Å². The summed E-state index contributed by atoms with van der Waals surface area (Å²) in [7, 11) is 0. The van der Waals surface area contributed by atoms with Gasteiger partial charge in [0.2, 0.25) is 0 Å². The maximum Gasteiger partial charge on any atom is 0.255 e. The first-order valence-corrected chi connectivity index (χ1v) is 3.51. The molecule has 0 saturated carbocycles. The number of rotatable bonds is 3. The number of benzene rings is 1. The van der Waals surface area contributed by atoms with Gasteiger partial charge in [-0.25, -0.2) is 0 Å². The molecule has 2 N–H and O–H groups in total. The Morgan fingerprint density at radius 1 is 1.42 bits per heavy atom. The van der Waals surface area contributed by atoms with Crippen LogP contribution in [0.1, 0.15) is 5.56 Å². The first kappa shape index (κ1) is 8.59. The van der Waals surface area contributed by atoms with E-state index >= 15 is 0 Å². The van der Waals surface area contributed by atoms with Crippen molar-refractivity contribution in [2.45, 2.75) is 0 Å². The van der Waals surface area contributed by atoms with Crippen LogP contribution in [-0.4, -0.2) is 12.5 Å². The van der Waals surface area contributed by atoms with E-state index in [1.54, 1.807) is 24.3 Å². The van der Waals surface area contributed by atoms with Crippen molar-refractivity contribution in [1.29, 1.82) is 0 Å². The van der Waals surface area contributed by atoms with Gasteiger partial charge in [-0.2, -0.15) is 0 Å². The van der Waals surface area contributed by atoms with Gasteiger partial charge in [0.1, 0.15) is 5.75 Å². The summed E-state index contributed by atoms with van der Waals surface area (Å²) in [6, 6.07) is 7.09. The number of carbonyl (C=O) groups is 1. The highest BCUT2D eigenvalue weighted by atomic mass is 16.5. The lowest BCUT2D eigenvalue weighted by Gasteiger charge is -2.02. The fraction of sp³-hybridized carbons (Fsp3) is 0.111. The second kappa shape index (κ2) is 3.76. The van der Waals surface area contributed by atoms with Crippen molar-refractivity contribution in [3.05, 3.63) is 36.8 Å². The van der Waals surface area contributed by atoms with E-state index in [1.165, 1.54) is 0 Å². The van der Waals surface area contributed by atoms with Crippen molar-refractivity contribution in [3.63, 3.8) is 0 Å². The molecule has 3 heteroatoms. The fourth-order valence-electron chi connectivity index (χ4n) is 0.740. The fourth-order valence-corrected chi connectivity index (χ4v) is 0.740. The summed E-state index contributed by atoms with van der Waals surface area (Å²) in [4.78, 5) is 10.3. The predicted octanol–water partition coefficient (Wildman–Crippen LogP) is 0.733. The highest BCUT2D eigenvalue weighted by Crippen LogP contribution is 2.10. The molecule has 0 aromatic heterocycles. The summed E-state index contributed by atoms with van der Waals surface area (Å²) >= 11 is 0. The molecule has 0 bridgehead atoms. The lowest BCUT2D eigenvalue weighted by Crippen LogP contribution is -2.19. The molecule has 1 amide bonds. The van der Waals surface area contributed by atoms with Crippen LogP contribution in [0.3, 0.4) is 0 Å². The maximum absolute atomic E-state index is 10.3. The normalized spacial score (nSPS) is 9.42. The molecule has 0 atom stereocenters. The summed E-state index contributed by atoms with van der Waals surface area (Å²) < 4.78 is 5.02. The van der Waals surface area contributed by atoms with Crippen LogP contribution in [0.2, 0.25) is 0 Å². The lowest BCUT2D eigenvalue weighted by atomic mass is 10.2. The molecule has 0 unspecified atom stereocenters. The molecule has 0 heterocycles. The number of hydrogen-bond acceptors (Lipinski definition) is 2. The van der Waals surface area contributed by atoms with Gasteiger partial charge in [-0.1, -0.05) is 12.1 Å². The third kappa shape index (κ3) is 2.62. The van der Waals surface area contributed by atoms with Crippen LogP contribution >= 0.6 is 0 Å². The highest BCUT2D eigenvalue weighted by Gasteiger charge is 1.95. The van der Waals surface area contributed by atoms with Crippen molar-refractivity contribution >= 4 is 5.91 Å². The van der Waals surface area contributed by atoms with Crippen molar-refractivity contribution in [1.82, 2.24) is 0 Å². The SMILES string of the molecule is [CH2]c1ccc(OCC(N)=O)cc1. The molecule has 0 aliphatic heterocycles. The van der Waals surface area contributed by atoms with Gasteiger partial charge < -0.3 is 10.5 Å². The summed E-state index contributed by atoms with van der Waals surface area (Å²) in [6.07, 6.45) is 0. The number of hydrogen-bond donors (Lipinski definition) is 1. The molecule has 1 aromatic carbocycles. The second-order valence-corrected chi connectivity index (χ2v) is 2.40. The summed E-state index contributed by atoms with van der Waals surface area (Å²) in [5.41, 5.74) is 5.80. The van der Waals surface area contributed by atoms with E-state index in [4.69, 9.17) is 10.5 Å². The van der Waals surface area contributed by atoms with E-state index in [0.29, 0.717) is 5.75 Å². The molecule has 0 fully saturated rings. The minimum absolute atomic E-state index is 0.0868. The van der Waals surface area contributed by atoms with E-state index in [9.17, 15) is 4.79 Å². The van der Waals surface area contributed by atoms with Gasteiger partial charge in [-0.15, -0.1) is 0 Å². The predicted molar refractivity (Wildman–Crippen MR) is 45.6 cm³/mol. The van der Waals surface area contributed by atoms with Crippen molar-refractivity contribution in [2.24, 2.45) is 5.73 Å². The molecule has 12 heavy (non-hydrogen) atoms. The van der Waals surface area contributed by atoms with Gasteiger partial charge in [0.25, 0.3) is 5.91 Å². The average molecular weight is 164 g/mol. The number of nitrogens with two attached hydrogens (primary N) is 1. The number of primary amides is 1. The van der Waals surface area contributed by atoms with Gasteiger partial charge >= 0.3 is 0 Å². The van der Waals surface area contributed by atoms with Crippen LogP contribution in [-0.2, 0) is 4.79 Å². The molecular weight excluding hydrogens is 154 g/mol. The van der Waals surface area contributed by atoms with Crippen LogP contribution in [0.25, 0.3) is 0 Å². The third-order valence-corrected chi connectivity index (χ3v) is 1.30. The second-order valence-electron chi connectivity index (χ2n) is 2.40. The Morgan fingerprint density at radius 2 is 2.00 bits per heavy atom. The van der Waals surface area contributed by atoms with E-state index in [0.717, 1.165) is 5.56 Å². The Hall–Kier alpha value is -1.51.